The van der Waals surface area contributed by atoms with Gasteiger partial charge in [-0.15, -0.1) is 0 Å². The van der Waals surface area contributed by atoms with Crippen molar-refractivity contribution in [1.29, 1.82) is 0 Å². The third-order valence-electron chi connectivity index (χ3n) is 2.04. The molecule has 6 nitrogen and oxygen atoms in total. The second-order valence-electron chi connectivity index (χ2n) is 4.83. The molecule has 0 aliphatic heterocycles. The zero-order chi connectivity index (χ0) is 12.4. The molecule has 0 atom stereocenters. The van der Waals surface area contributed by atoms with Gasteiger partial charge in [0.1, 0.15) is 27.2 Å². The summed E-state index contributed by atoms with van der Waals surface area (Å²) in [4.78, 5) is 0. The van der Waals surface area contributed by atoms with E-state index in [0.29, 0.717) is 13.1 Å². The maximum absolute atomic E-state index is 5.71. The molecule has 0 saturated carbocycles. The lowest BCUT2D eigenvalue weighted by molar-refractivity contribution is -0.946. The fourth-order valence-corrected chi connectivity index (χ4v) is 1.61. The van der Waals surface area contributed by atoms with Crippen molar-refractivity contribution in [3.8, 4) is 0 Å². The molecule has 8 N–H and O–H groups in total. The van der Waals surface area contributed by atoms with Crippen LogP contribution >= 0.6 is 0 Å². The van der Waals surface area contributed by atoms with Crippen molar-refractivity contribution in [3.05, 3.63) is 35.4 Å². The van der Waals surface area contributed by atoms with Crippen LogP contribution in [-0.4, -0.2) is 23.5 Å². The van der Waals surface area contributed by atoms with E-state index in [1.807, 2.05) is 24.3 Å². The Bertz CT molecular complexity index is 318. The van der Waals surface area contributed by atoms with Gasteiger partial charge in [0.05, 0.1) is 0 Å². The molecule has 0 aliphatic carbocycles. The van der Waals surface area contributed by atoms with Gasteiger partial charge in [-0.2, -0.15) is 32.8 Å². The lowest BCUT2D eigenvalue weighted by Gasteiger charge is -2.22. The minimum atomic E-state index is -0.0825. The third-order valence-corrected chi connectivity index (χ3v) is 2.04. The van der Waals surface area contributed by atoms with E-state index in [9.17, 15) is 0 Å². The van der Waals surface area contributed by atoms with E-state index in [2.05, 4.69) is 0 Å². The molecule has 6 heteroatoms. The number of nitrogens with zero attached hydrogens (tertiary/aromatic N) is 2. The van der Waals surface area contributed by atoms with Crippen molar-refractivity contribution < 1.29 is 9.40 Å². The molecule has 90 valence electrons. The highest BCUT2D eigenvalue weighted by Gasteiger charge is 2.14. The fraction of sp³-hybridized carbons (Fsp3) is 0.400. The van der Waals surface area contributed by atoms with Crippen LogP contribution in [-0.2, 0) is 13.1 Å². The molecule has 1 aromatic rings. The van der Waals surface area contributed by atoms with Crippen LogP contribution < -0.4 is 23.4 Å². The summed E-state index contributed by atoms with van der Waals surface area (Å²) in [6.45, 7) is 1.12. The molecule has 0 aliphatic rings. The van der Waals surface area contributed by atoms with Crippen LogP contribution in [0.15, 0.2) is 24.3 Å². The van der Waals surface area contributed by atoms with Gasteiger partial charge in [0.15, 0.2) is 0 Å². The third kappa shape index (κ3) is 5.17. The molecule has 0 amide bonds. The lowest BCUT2D eigenvalue weighted by Crippen LogP contribution is -2.56. The molecule has 0 heterocycles. The average Bonchev–Trinajstić information content (AvgIpc) is 1.96. The van der Waals surface area contributed by atoms with E-state index in [4.69, 9.17) is 23.4 Å². The highest BCUT2D eigenvalue weighted by atomic mass is 15.7. The van der Waals surface area contributed by atoms with E-state index >= 15 is 0 Å². The lowest BCUT2D eigenvalue weighted by atomic mass is 10.1. The summed E-state index contributed by atoms with van der Waals surface area (Å²) in [5.41, 5.74) is 2.14. The van der Waals surface area contributed by atoms with Crippen molar-refractivity contribution in [3.63, 3.8) is 0 Å². The molecule has 16 heavy (non-hydrogen) atoms. The number of hydrogen-bond acceptors (Lipinski definition) is 4. The van der Waals surface area contributed by atoms with Crippen LogP contribution in [0, 0.1) is 0 Å². The SMILES string of the molecule is C[N+](N)(N)Cc1cccc(C[N+](C)(N)N)c1. The summed E-state index contributed by atoms with van der Waals surface area (Å²) in [6, 6.07) is 7.94. The standard InChI is InChI=1S/C10H22N6/c1-15(11,12)7-9-4-3-5-10(6-9)8-16(2,13)14/h3-6H,7-8,11-14H2,1-2H3/q+2. The monoisotopic (exact) mass is 226 g/mol. The minimum absolute atomic E-state index is 0.0825. The molecule has 0 fully saturated rings. The highest BCUT2D eigenvalue weighted by molar-refractivity contribution is 5.22. The summed E-state index contributed by atoms with van der Waals surface area (Å²) in [7, 11) is 3.47. The number of hydrogen-bond donors (Lipinski definition) is 4. The van der Waals surface area contributed by atoms with E-state index in [-0.39, 0.29) is 9.40 Å². The summed E-state index contributed by atoms with van der Waals surface area (Å²) in [5.74, 6) is 22.8. The molecule has 0 spiro atoms. The Morgan fingerprint density at radius 1 is 0.875 bits per heavy atom. The first-order valence-electron chi connectivity index (χ1n) is 5.09. The molecular weight excluding hydrogens is 204 g/mol. The number of quaternary nitrogens is 2. The smallest absolute Gasteiger partial charge is 0.140 e. The van der Waals surface area contributed by atoms with Crippen molar-refractivity contribution in [1.82, 2.24) is 0 Å². The van der Waals surface area contributed by atoms with Crippen LogP contribution in [0.1, 0.15) is 11.1 Å². The summed E-state index contributed by atoms with van der Waals surface area (Å²) in [6.07, 6.45) is 0. The summed E-state index contributed by atoms with van der Waals surface area (Å²) >= 11 is 0. The Kier molecular flexibility index (Phi) is 3.64. The fourth-order valence-electron chi connectivity index (χ4n) is 1.61. The zero-order valence-electron chi connectivity index (χ0n) is 9.93. The number of rotatable bonds is 4. The number of nitrogens with two attached hydrogens (primary N) is 4. The van der Waals surface area contributed by atoms with Crippen LogP contribution in [0.4, 0.5) is 0 Å². The Labute approximate surface area is 96.1 Å². The van der Waals surface area contributed by atoms with Gasteiger partial charge in [0.25, 0.3) is 0 Å². The quantitative estimate of drug-likeness (QED) is 0.302. The Morgan fingerprint density at radius 3 is 1.56 bits per heavy atom. The van der Waals surface area contributed by atoms with Crippen LogP contribution in [0.5, 0.6) is 0 Å². The molecule has 0 bridgehead atoms. The van der Waals surface area contributed by atoms with Crippen LogP contribution in [0.25, 0.3) is 0 Å². The molecule has 0 unspecified atom stereocenters. The Morgan fingerprint density at radius 2 is 1.25 bits per heavy atom. The van der Waals surface area contributed by atoms with E-state index < -0.39 is 0 Å². The summed E-state index contributed by atoms with van der Waals surface area (Å²) < 4.78 is -0.165. The molecular formula is C10H22N6+2. The van der Waals surface area contributed by atoms with Crippen LogP contribution in [0.2, 0.25) is 0 Å². The highest BCUT2D eigenvalue weighted by Crippen LogP contribution is 2.09. The zero-order valence-corrected chi connectivity index (χ0v) is 9.93. The van der Waals surface area contributed by atoms with Crippen molar-refractivity contribution in [2.24, 2.45) is 23.4 Å². The van der Waals surface area contributed by atoms with Crippen LogP contribution in [0.3, 0.4) is 0 Å². The maximum atomic E-state index is 5.71. The average molecular weight is 226 g/mol. The van der Waals surface area contributed by atoms with Gasteiger partial charge in [-0.3, -0.25) is 0 Å². The van der Waals surface area contributed by atoms with Gasteiger partial charge in [-0.25, -0.2) is 0 Å². The van der Waals surface area contributed by atoms with E-state index in [1.54, 1.807) is 14.1 Å². The Hall–Kier alpha value is -1.02. The van der Waals surface area contributed by atoms with E-state index in [1.165, 1.54) is 0 Å². The largest absolute Gasteiger partial charge is 0.175 e. The molecule has 0 aromatic heterocycles. The van der Waals surface area contributed by atoms with Gasteiger partial charge >= 0.3 is 0 Å². The Balaban J connectivity index is 2.79. The normalized spacial score (nSPS) is 12.9. The molecule has 0 radical (unpaired) electrons. The van der Waals surface area contributed by atoms with Gasteiger partial charge in [0, 0.05) is 11.1 Å². The van der Waals surface area contributed by atoms with E-state index in [0.717, 1.165) is 11.1 Å². The van der Waals surface area contributed by atoms with Gasteiger partial charge in [0.2, 0.25) is 0 Å². The first kappa shape index (κ1) is 13.0. The first-order valence-corrected chi connectivity index (χ1v) is 5.09. The van der Waals surface area contributed by atoms with Crippen molar-refractivity contribution in [2.45, 2.75) is 13.1 Å². The molecule has 1 aromatic carbocycles. The maximum Gasteiger partial charge on any atom is 0.140 e. The van der Waals surface area contributed by atoms with Gasteiger partial charge in [-0.05, 0) is 6.07 Å². The summed E-state index contributed by atoms with van der Waals surface area (Å²) in [5, 5.41) is 0. The predicted molar refractivity (Wildman–Crippen MR) is 63.0 cm³/mol. The van der Waals surface area contributed by atoms with Crippen molar-refractivity contribution in [2.75, 3.05) is 14.1 Å². The molecule has 1 rings (SSSR count). The second kappa shape index (κ2) is 4.46. The minimum Gasteiger partial charge on any atom is -0.175 e. The number of benzene rings is 1. The van der Waals surface area contributed by atoms with Gasteiger partial charge < -0.3 is 0 Å². The van der Waals surface area contributed by atoms with Gasteiger partial charge in [-0.1, -0.05) is 18.2 Å². The molecule has 0 saturated heterocycles. The predicted octanol–water partition coefficient (Wildman–Crippen LogP) is -0.925. The topological polar surface area (TPSA) is 104 Å². The van der Waals surface area contributed by atoms with Crippen molar-refractivity contribution >= 4 is 0 Å². The first-order chi connectivity index (χ1) is 7.16. The second-order valence-corrected chi connectivity index (χ2v) is 4.83.